The molecule has 5 nitrogen and oxygen atoms in total. The van der Waals surface area contributed by atoms with Crippen LogP contribution in [0.25, 0.3) is 0 Å². The van der Waals surface area contributed by atoms with Gasteiger partial charge in [0.25, 0.3) is 5.91 Å². The molecule has 3 atom stereocenters. The van der Waals surface area contributed by atoms with E-state index in [0.29, 0.717) is 6.54 Å². The van der Waals surface area contributed by atoms with Crippen LogP contribution < -0.4 is 5.32 Å². The maximum Gasteiger partial charge on any atom is 0.252 e. The Hall–Kier alpha value is -2.09. The molecule has 0 aliphatic carbocycles. The predicted molar refractivity (Wildman–Crippen MR) is 125 cm³/mol. The fourth-order valence-corrected chi connectivity index (χ4v) is 5.79. The van der Waals surface area contributed by atoms with Gasteiger partial charge in [0.15, 0.2) is 5.38 Å². The summed E-state index contributed by atoms with van der Waals surface area (Å²) in [7, 11) is 0. The van der Waals surface area contributed by atoms with E-state index in [1.807, 2.05) is 30.3 Å². The first-order chi connectivity index (χ1) is 15.5. The van der Waals surface area contributed by atoms with Crippen molar-refractivity contribution in [1.82, 2.24) is 10.2 Å². The van der Waals surface area contributed by atoms with Gasteiger partial charge in [0.2, 0.25) is 11.3 Å². The van der Waals surface area contributed by atoms with Crippen LogP contribution >= 0.6 is 11.6 Å². The highest BCUT2D eigenvalue weighted by Gasteiger charge is 2.54. The second-order valence-electron chi connectivity index (χ2n) is 7.91. The minimum atomic E-state index is -1.38. The third kappa shape index (κ3) is 6.95. The van der Waals surface area contributed by atoms with E-state index in [2.05, 4.69) is 5.32 Å². The standard InChI is InChI=1S/C24H28ClFN2O3S/c25-22-23(30)28(24(22)32(31)17-19-9-5-3-6-10-19)16-21(29)27-15-7-2-1-4-8-18-11-13-20(26)14-12-18/h3,5-6,9-14,22,24H,1-2,4,7-8,15-17H2,(H,27,29)/t22-,24+,32-/m0/s1. The van der Waals surface area contributed by atoms with Crippen LogP contribution in [0.3, 0.4) is 0 Å². The number of nitrogens with one attached hydrogen (secondary N) is 1. The molecule has 1 fully saturated rings. The van der Waals surface area contributed by atoms with Crippen molar-refractivity contribution < 1.29 is 18.5 Å². The average molecular weight is 479 g/mol. The number of alkyl halides is 1. The molecule has 1 aliphatic rings. The number of halogens is 2. The van der Waals surface area contributed by atoms with Gasteiger partial charge < -0.3 is 9.87 Å². The summed E-state index contributed by atoms with van der Waals surface area (Å²) in [4.78, 5) is 25.7. The van der Waals surface area contributed by atoms with Crippen molar-refractivity contribution in [1.29, 1.82) is 0 Å². The van der Waals surface area contributed by atoms with Crippen LogP contribution in [0, 0.1) is 5.82 Å². The Labute approximate surface area is 196 Å². The third-order valence-corrected chi connectivity index (χ3v) is 7.70. The second kappa shape index (κ2) is 12.2. The van der Waals surface area contributed by atoms with Gasteiger partial charge >= 0.3 is 0 Å². The number of amides is 2. The molecular formula is C24H28ClFN2O3S. The number of carbonyl (C=O) groups excluding carboxylic acids is 2. The molecule has 0 unspecified atom stereocenters. The molecule has 0 bridgehead atoms. The van der Waals surface area contributed by atoms with E-state index in [-0.39, 0.29) is 29.9 Å². The lowest BCUT2D eigenvalue weighted by atomic mass is 10.1. The monoisotopic (exact) mass is 478 g/mol. The van der Waals surface area contributed by atoms with Crippen LogP contribution in [0.2, 0.25) is 0 Å². The molecular weight excluding hydrogens is 451 g/mol. The number of hydrogen-bond acceptors (Lipinski definition) is 3. The van der Waals surface area contributed by atoms with Crippen LogP contribution in [0.5, 0.6) is 0 Å². The summed E-state index contributed by atoms with van der Waals surface area (Å²) in [5.74, 6) is -0.554. The van der Waals surface area contributed by atoms with Crippen molar-refractivity contribution in [3.63, 3.8) is 0 Å². The lowest BCUT2D eigenvalue weighted by molar-refractivity contribution is -0.145. The molecule has 0 radical (unpaired) electrons. The van der Waals surface area contributed by atoms with Crippen molar-refractivity contribution >= 4 is 34.6 Å². The number of nitrogens with zero attached hydrogens (tertiary/aromatic N) is 1. The normalized spacial score (nSPS) is 18.8. The molecule has 2 aromatic carbocycles. The molecule has 0 spiro atoms. The topological polar surface area (TPSA) is 72.5 Å². The fraction of sp³-hybridized carbons (Fsp3) is 0.417. The molecule has 172 valence electrons. The van der Waals surface area contributed by atoms with Crippen LogP contribution in [-0.4, -0.2) is 45.1 Å². The Morgan fingerprint density at radius 1 is 1.03 bits per heavy atom. The summed E-state index contributed by atoms with van der Waals surface area (Å²) >= 11 is 4.72. The molecule has 2 aromatic rings. The van der Waals surface area contributed by atoms with Crippen molar-refractivity contribution in [2.24, 2.45) is 0 Å². The summed E-state index contributed by atoms with van der Waals surface area (Å²) < 4.78 is 25.6. The van der Waals surface area contributed by atoms with Crippen molar-refractivity contribution in [2.45, 2.75) is 48.6 Å². The van der Waals surface area contributed by atoms with Gasteiger partial charge in [-0.15, -0.1) is 11.6 Å². The van der Waals surface area contributed by atoms with Crippen molar-refractivity contribution in [2.75, 3.05) is 13.1 Å². The van der Waals surface area contributed by atoms with E-state index in [1.54, 1.807) is 12.1 Å². The van der Waals surface area contributed by atoms with E-state index in [9.17, 15) is 18.5 Å². The smallest absolute Gasteiger partial charge is 0.252 e. The molecule has 0 saturated carbocycles. The van der Waals surface area contributed by atoms with Gasteiger partial charge in [-0.25, -0.2) is 4.39 Å². The maximum absolute atomic E-state index is 12.9. The van der Waals surface area contributed by atoms with Gasteiger partial charge in [-0.2, -0.15) is 0 Å². The molecule has 32 heavy (non-hydrogen) atoms. The number of rotatable bonds is 12. The highest BCUT2D eigenvalue weighted by atomic mass is 35.5. The zero-order chi connectivity index (χ0) is 22.9. The first-order valence-electron chi connectivity index (χ1n) is 10.8. The summed E-state index contributed by atoms with van der Waals surface area (Å²) in [6.45, 7) is 0.400. The summed E-state index contributed by atoms with van der Waals surface area (Å²) in [5.41, 5.74) is 2.02. The minimum absolute atomic E-state index is 0.127. The molecule has 1 aliphatic heterocycles. The van der Waals surface area contributed by atoms with E-state index in [4.69, 9.17) is 11.6 Å². The van der Waals surface area contributed by atoms with Gasteiger partial charge in [0, 0.05) is 12.1 Å². The van der Waals surface area contributed by atoms with Crippen LogP contribution in [0.1, 0.15) is 36.8 Å². The van der Waals surface area contributed by atoms with Crippen LogP contribution in [-0.2, 0) is 32.9 Å². The number of aryl methyl sites for hydroxylation is 1. The first kappa shape index (κ1) is 24.6. The molecule has 1 N–H and O–H groups in total. The van der Waals surface area contributed by atoms with Crippen LogP contribution in [0.15, 0.2) is 54.6 Å². The molecule has 2 amide bonds. The third-order valence-electron chi connectivity index (χ3n) is 5.44. The van der Waals surface area contributed by atoms with Gasteiger partial charge in [-0.05, 0) is 48.1 Å². The van der Waals surface area contributed by atoms with Crippen molar-refractivity contribution in [3.05, 3.63) is 71.5 Å². The Morgan fingerprint density at radius 2 is 1.72 bits per heavy atom. The van der Waals surface area contributed by atoms with E-state index < -0.39 is 21.9 Å². The fourth-order valence-electron chi connectivity index (χ4n) is 3.65. The predicted octanol–water partition coefficient (Wildman–Crippen LogP) is 3.77. The molecule has 1 saturated heterocycles. The zero-order valence-corrected chi connectivity index (χ0v) is 19.4. The lowest BCUT2D eigenvalue weighted by Crippen LogP contribution is -2.67. The molecule has 1 heterocycles. The number of likely N-dealkylation sites (tertiary alicyclic amines) is 1. The van der Waals surface area contributed by atoms with E-state index >= 15 is 0 Å². The van der Waals surface area contributed by atoms with Crippen LogP contribution in [0.4, 0.5) is 4.39 Å². The Morgan fingerprint density at radius 3 is 2.44 bits per heavy atom. The average Bonchev–Trinajstić information content (AvgIpc) is 2.79. The summed E-state index contributed by atoms with van der Waals surface area (Å²) in [6, 6.07) is 15.9. The first-order valence-corrected chi connectivity index (χ1v) is 12.6. The van der Waals surface area contributed by atoms with Gasteiger partial charge in [-0.1, -0.05) is 55.3 Å². The maximum atomic E-state index is 12.9. The Kier molecular flexibility index (Phi) is 9.38. The largest absolute Gasteiger partial charge is 0.614 e. The summed E-state index contributed by atoms with van der Waals surface area (Å²) in [5, 5.41) is 1.32. The highest BCUT2D eigenvalue weighted by molar-refractivity contribution is 7.91. The minimum Gasteiger partial charge on any atom is -0.614 e. The van der Waals surface area contributed by atoms with E-state index in [0.717, 1.165) is 43.2 Å². The molecule has 8 heteroatoms. The quantitative estimate of drug-likeness (QED) is 0.218. The van der Waals surface area contributed by atoms with Gasteiger partial charge in [0.1, 0.15) is 18.1 Å². The van der Waals surface area contributed by atoms with Crippen molar-refractivity contribution in [3.8, 4) is 0 Å². The number of benzene rings is 2. The molecule has 0 aromatic heterocycles. The zero-order valence-electron chi connectivity index (χ0n) is 17.8. The Balaban J connectivity index is 1.32. The number of β-lactam (4-membered cyclic amide) rings is 1. The van der Waals surface area contributed by atoms with Gasteiger partial charge in [0.05, 0.1) is 0 Å². The summed E-state index contributed by atoms with van der Waals surface area (Å²) in [6.07, 6.45) is 4.74. The Bertz CT molecular complexity index is 885. The lowest BCUT2D eigenvalue weighted by Gasteiger charge is -2.43. The second-order valence-corrected chi connectivity index (χ2v) is 9.91. The molecule has 3 rings (SSSR count). The van der Waals surface area contributed by atoms with E-state index in [1.165, 1.54) is 17.0 Å². The van der Waals surface area contributed by atoms with Gasteiger partial charge in [-0.3, -0.25) is 14.5 Å². The number of carbonyl (C=O) groups is 2. The SMILES string of the molecule is O=C(CN1C(=O)[C@H](Cl)[C@H]1[S@@+]([O-])Cc1ccccc1)NCCCCCCc1ccc(F)cc1. The number of hydrogen-bond donors (Lipinski definition) is 1. The number of unbranched alkanes of at least 4 members (excludes halogenated alkanes) is 3. The highest BCUT2D eigenvalue weighted by Crippen LogP contribution is 2.31.